The molecule has 2 aromatic carbocycles. The van der Waals surface area contributed by atoms with E-state index in [0.29, 0.717) is 22.6 Å². The van der Waals surface area contributed by atoms with Gasteiger partial charge in [0.15, 0.2) is 5.65 Å². The number of rotatable bonds is 6. The molecule has 6 rings (SSSR count). The summed E-state index contributed by atoms with van der Waals surface area (Å²) in [6, 6.07) is 20.4. The summed E-state index contributed by atoms with van der Waals surface area (Å²) in [4.78, 5) is 10.4. The summed E-state index contributed by atoms with van der Waals surface area (Å²) < 4.78 is 27.8. The lowest BCUT2D eigenvalue weighted by Crippen LogP contribution is -2.32. The molecule has 37 heavy (non-hydrogen) atoms. The molecule has 10 heteroatoms. The van der Waals surface area contributed by atoms with Crippen LogP contribution in [0.15, 0.2) is 78.0 Å². The van der Waals surface area contributed by atoms with Crippen LogP contribution in [-0.4, -0.2) is 29.5 Å². The minimum atomic E-state index is -3.84. The maximum atomic E-state index is 13.3. The summed E-state index contributed by atoms with van der Waals surface area (Å²) in [5, 5.41) is 16.0. The monoisotopic (exact) mass is 514 g/mol. The standard InChI is InChI=1S/C27H26N6O3S/c1-2-18-14-20(33-25-11-7-6-10-23(25)31-36-33)15-24(18)30-26-19(16-28)17-29-27-22(26)12-13-32(27)37(34,35)21-8-4-3-5-9-21/h3-13,17-18,20,24,31H,2,14-15H2,1H3,(H,29,30)/t18-,20?,24+/m1/s1. The van der Waals surface area contributed by atoms with E-state index in [-0.39, 0.29) is 22.6 Å². The van der Waals surface area contributed by atoms with Gasteiger partial charge in [-0.05, 0) is 49.1 Å². The number of benzene rings is 2. The van der Waals surface area contributed by atoms with E-state index in [1.807, 2.05) is 29.3 Å². The summed E-state index contributed by atoms with van der Waals surface area (Å²) in [7, 11) is -3.84. The lowest BCUT2D eigenvalue weighted by Gasteiger charge is -2.23. The van der Waals surface area contributed by atoms with Gasteiger partial charge < -0.3 is 5.32 Å². The largest absolute Gasteiger partial charge is 0.380 e. The number of para-hydroxylation sites is 2. The van der Waals surface area contributed by atoms with Gasteiger partial charge in [-0.15, -0.1) is 0 Å². The van der Waals surface area contributed by atoms with Crippen LogP contribution in [-0.2, 0) is 15.0 Å². The minimum Gasteiger partial charge on any atom is -0.380 e. The molecule has 0 saturated heterocycles. The van der Waals surface area contributed by atoms with Crippen molar-refractivity contribution >= 4 is 38.1 Å². The van der Waals surface area contributed by atoms with Crippen molar-refractivity contribution in [3.63, 3.8) is 0 Å². The van der Waals surface area contributed by atoms with Crippen LogP contribution in [0.25, 0.3) is 11.0 Å². The molecule has 0 radical (unpaired) electrons. The highest BCUT2D eigenvalue weighted by Gasteiger charge is 2.40. The third-order valence-corrected chi connectivity index (χ3v) is 9.03. The van der Waals surface area contributed by atoms with E-state index in [1.54, 1.807) is 36.4 Å². The van der Waals surface area contributed by atoms with Gasteiger partial charge in [0.1, 0.15) is 6.07 Å². The van der Waals surface area contributed by atoms with Gasteiger partial charge >= 0.3 is 0 Å². The Morgan fingerprint density at radius 3 is 2.70 bits per heavy atom. The van der Waals surface area contributed by atoms with E-state index in [1.165, 1.54) is 16.4 Å². The Bertz CT molecular complexity index is 1610. The van der Waals surface area contributed by atoms with Gasteiger partial charge in [-0.3, -0.25) is 0 Å². The third-order valence-electron chi connectivity index (χ3n) is 7.35. The zero-order chi connectivity index (χ0) is 25.6. The van der Waals surface area contributed by atoms with Crippen LogP contribution < -0.4 is 15.9 Å². The highest BCUT2D eigenvalue weighted by atomic mass is 32.2. The fourth-order valence-corrected chi connectivity index (χ4v) is 6.80. The van der Waals surface area contributed by atoms with Gasteiger partial charge in [0.25, 0.3) is 10.0 Å². The molecular formula is C27H26N6O3S. The average molecular weight is 515 g/mol. The van der Waals surface area contributed by atoms with Gasteiger partial charge in [-0.25, -0.2) is 27.9 Å². The minimum absolute atomic E-state index is 0.0677. The number of hydrogen-bond acceptors (Lipinski definition) is 8. The van der Waals surface area contributed by atoms with E-state index in [2.05, 4.69) is 28.8 Å². The molecule has 4 aromatic rings. The Morgan fingerprint density at radius 1 is 1.14 bits per heavy atom. The zero-order valence-electron chi connectivity index (χ0n) is 20.2. The second-order valence-electron chi connectivity index (χ2n) is 9.41. The number of fused-ring (bicyclic) bond motifs is 2. The number of nitriles is 1. The van der Waals surface area contributed by atoms with Gasteiger partial charge in [-0.2, -0.15) is 10.2 Å². The fourth-order valence-electron chi connectivity index (χ4n) is 5.47. The smallest absolute Gasteiger partial charge is 0.269 e. The zero-order valence-corrected chi connectivity index (χ0v) is 21.0. The molecule has 1 unspecified atom stereocenters. The first-order chi connectivity index (χ1) is 18.0. The van der Waals surface area contributed by atoms with Gasteiger partial charge in [0.05, 0.1) is 33.6 Å². The first-order valence-electron chi connectivity index (χ1n) is 12.3. The Morgan fingerprint density at radius 2 is 1.92 bits per heavy atom. The summed E-state index contributed by atoms with van der Waals surface area (Å²) >= 11 is 0. The highest BCUT2D eigenvalue weighted by molar-refractivity contribution is 7.90. The summed E-state index contributed by atoms with van der Waals surface area (Å²) in [5.41, 5.74) is 6.22. The van der Waals surface area contributed by atoms with Gasteiger partial charge in [0, 0.05) is 23.8 Å². The topological polar surface area (TPSA) is 112 Å². The van der Waals surface area contributed by atoms with Crippen molar-refractivity contribution in [1.29, 1.82) is 5.26 Å². The van der Waals surface area contributed by atoms with Crippen molar-refractivity contribution in [2.75, 3.05) is 15.9 Å². The lowest BCUT2D eigenvalue weighted by molar-refractivity contribution is 0.152. The molecule has 0 spiro atoms. The predicted molar refractivity (Wildman–Crippen MR) is 141 cm³/mol. The average Bonchev–Trinajstić information content (AvgIpc) is 3.66. The maximum absolute atomic E-state index is 13.3. The molecule has 2 N–H and O–H groups in total. The van der Waals surface area contributed by atoms with Crippen molar-refractivity contribution in [3.8, 4) is 6.07 Å². The quantitative estimate of drug-likeness (QED) is 0.374. The SMILES string of the molecule is CC[C@@H]1CC(N2ONc3ccccc32)C[C@@H]1Nc1c(C#N)cnc2c1ccn2S(=O)(=O)c1ccccc1. The second-order valence-corrected chi connectivity index (χ2v) is 11.2. The Balaban J connectivity index is 1.34. The molecule has 3 heterocycles. The number of hydroxylamine groups is 1. The molecule has 0 bridgehead atoms. The number of nitrogens with zero attached hydrogens (tertiary/aromatic N) is 4. The third kappa shape index (κ3) is 3.87. The van der Waals surface area contributed by atoms with Crippen LogP contribution in [0.2, 0.25) is 0 Å². The summed E-state index contributed by atoms with van der Waals surface area (Å²) in [6.45, 7) is 2.16. The molecule has 0 amide bonds. The molecule has 2 aromatic heterocycles. The van der Waals surface area contributed by atoms with E-state index < -0.39 is 10.0 Å². The van der Waals surface area contributed by atoms with Crippen molar-refractivity contribution in [2.24, 2.45) is 5.92 Å². The molecule has 2 aliphatic rings. The molecule has 1 aliphatic heterocycles. The van der Waals surface area contributed by atoms with Crippen molar-refractivity contribution in [1.82, 2.24) is 8.96 Å². The van der Waals surface area contributed by atoms with Crippen molar-refractivity contribution in [2.45, 2.75) is 43.2 Å². The number of pyridine rings is 1. The first kappa shape index (κ1) is 23.3. The number of nitrogens with one attached hydrogen (secondary N) is 2. The Labute approximate surface area is 215 Å². The van der Waals surface area contributed by atoms with Crippen LogP contribution in [0.3, 0.4) is 0 Å². The van der Waals surface area contributed by atoms with Crippen LogP contribution >= 0.6 is 0 Å². The van der Waals surface area contributed by atoms with E-state index in [4.69, 9.17) is 4.94 Å². The number of anilines is 3. The maximum Gasteiger partial charge on any atom is 0.269 e. The van der Waals surface area contributed by atoms with Crippen LogP contribution in [0.5, 0.6) is 0 Å². The van der Waals surface area contributed by atoms with Crippen molar-refractivity contribution < 1.29 is 13.4 Å². The summed E-state index contributed by atoms with van der Waals surface area (Å²) in [5.74, 6) is 0.339. The predicted octanol–water partition coefficient (Wildman–Crippen LogP) is 4.89. The molecular weight excluding hydrogens is 488 g/mol. The van der Waals surface area contributed by atoms with Gasteiger partial charge in [-0.1, -0.05) is 43.7 Å². The normalized spacial score (nSPS) is 21.0. The second kappa shape index (κ2) is 9.10. The molecule has 3 atom stereocenters. The Kier molecular flexibility index (Phi) is 5.74. The molecule has 9 nitrogen and oxygen atoms in total. The van der Waals surface area contributed by atoms with Crippen LogP contribution in [0, 0.1) is 17.2 Å². The fraction of sp³-hybridized carbons (Fsp3) is 0.259. The number of hydrogen-bond donors (Lipinski definition) is 2. The molecule has 1 fully saturated rings. The molecule has 1 aliphatic carbocycles. The van der Waals surface area contributed by atoms with Crippen LogP contribution in [0.4, 0.5) is 17.1 Å². The van der Waals surface area contributed by atoms with E-state index in [0.717, 1.165) is 30.6 Å². The Hall–Kier alpha value is -4.07. The highest BCUT2D eigenvalue weighted by Crippen LogP contribution is 2.42. The number of aromatic nitrogens is 2. The van der Waals surface area contributed by atoms with E-state index in [9.17, 15) is 13.7 Å². The molecule has 1 saturated carbocycles. The summed E-state index contributed by atoms with van der Waals surface area (Å²) in [6.07, 6.45) is 5.62. The lowest BCUT2D eigenvalue weighted by atomic mass is 9.99. The van der Waals surface area contributed by atoms with Gasteiger partial charge in [0.2, 0.25) is 0 Å². The van der Waals surface area contributed by atoms with Crippen molar-refractivity contribution in [3.05, 3.63) is 78.6 Å². The molecule has 188 valence electrons. The van der Waals surface area contributed by atoms with Crippen LogP contribution in [0.1, 0.15) is 31.7 Å². The van der Waals surface area contributed by atoms with E-state index >= 15 is 0 Å². The first-order valence-corrected chi connectivity index (χ1v) is 13.7.